The second-order valence-corrected chi connectivity index (χ2v) is 7.04. The maximum absolute atomic E-state index is 12.6. The summed E-state index contributed by atoms with van der Waals surface area (Å²) in [5.74, 6) is -0.128. The van der Waals surface area contributed by atoms with Crippen LogP contribution in [-0.2, 0) is 0 Å². The first kappa shape index (κ1) is 17.7. The van der Waals surface area contributed by atoms with Gasteiger partial charge in [-0.15, -0.1) is 0 Å². The molecule has 128 valence electrons. The number of likely N-dealkylation sites (N-methyl/N-ethyl adjacent to an activating group) is 1. The lowest BCUT2D eigenvalue weighted by molar-refractivity contribution is 0.0796. The van der Waals surface area contributed by atoms with Gasteiger partial charge < -0.3 is 15.2 Å². The third-order valence-electron chi connectivity index (χ3n) is 5.33. The summed E-state index contributed by atoms with van der Waals surface area (Å²) in [6, 6.07) is 0. The van der Waals surface area contributed by atoms with Crippen LogP contribution in [0.4, 0.5) is 0 Å². The van der Waals surface area contributed by atoms with Crippen molar-refractivity contribution in [2.24, 2.45) is 0 Å². The van der Waals surface area contributed by atoms with Crippen LogP contribution in [0.5, 0.6) is 0 Å². The molecule has 1 aromatic heterocycles. The van der Waals surface area contributed by atoms with Crippen molar-refractivity contribution in [1.29, 1.82) is 0 Å². The summed E-state index contributed by atoms with van der Waals surface area (Å²) < 4.78 is 0. The molecule has 1 saturated carbocycles. The van der Waals surface area contributed by atoms with E-state index in [-0.39, 0.29) is 17.2 Å². The molecular weight excluding hydrogens is 290 g/mol. The Labute approximate surface area is 138 Å². The summed E-state index contributed by atoms with van der Waals surface area (Å²) in [4.78, 5) is 29.6. The minimum Gasteiger partial charge on any atom is -0.354 e. The Hall–Kier alpha value is -1.62. The number of rotatable bonds is 5. The number of H-pyrrole nitrogens is 1. The number of carbonyl (C=O) groups excluding carboxylic acids is 2. The predicted molar refractivity (Wildman–Crippen MR) is 92.1 cm³/mol. The lowest BCUT2D eigenvalue weighted by Gasteiger charge is -2.43. The quantitative estimate of drug-likeness (QED) is 0.820. The van der Waals surface area contributed by atoms with Gasteiger partial charge in [-0.3, -0.25) is 9.59 Å². The number of Topliss-reactive ketones (excluding diaryl/α,β-unsaturated/α-hetero) is 1. The van der Waals surface area contributed by atoms with E-state index in [0.29, 0.717) is 17.8 Å². The largest absolute Gasteiger partial charge is 0.354 e. The van der Waals surface area contributed by atoms with E-state index >= 15 is 0 Å². The van der Waals surface area contributed by atoms with E-state index < -0.39 is 0 Å². The van der Waals surface area contributed by atoms with Crippen LogP contribution in [0, 0.1) is 13.8 Å². The summed E-state index contributed by atoms with van der Waals surface area (Å²) >= 11 is 0. The highest BCUT2D eigenvalue weighted by atomic mass is 16.2. The normalized spacial score (nSPS) is 17.3. The Balaban J connectivity index is 2.13. The van der Waals surface area contributed by atoms with Crippen LogP contribution in [0.1, 0.15) is 71.1 Å². The molecule has 2 rings (SSSR count). The molecular formula is C18H29N3O2. The van der Waals surface area contributed by atoms with Gasteiger partial charge in [-0.1, -0.05) is 19.3 Å². The number of nitrogens with one attached hydrogen (secondary N) is 2. The molecule has 1 fully saturated rings. The molecule has 1 amide bonds. The fourth-order valence-corrected chi connectivity index (χ4v) is 3.83. The lowest BCUT2D eigenvalue weighted by atomic mass is 9.80. The first-order chi connectivity index (χ1) is 10.8. The van der Waals surface area contributed by atoms with Crippen LogP contribution < -0.4 is 5.32 Å². The minimum atomic E-state index is -0.120. The van der Waals surface area contributed by atoms with Crippen LogP contribution in [0.3, 0.4) is 0 Å². The molecule has 5 heteroatoms. The zero-order chi connectivity index (χ0) is 17.2. The number of aromatic amines is 1. The SMILES string of the molecule is CC(=O)c1c(C)[nH]c(C(=O)NCC2(N(C)C)CCCCC2)c1C. The van der Waals surface area contributed by atoms with Crippen LogP contribution in [0.15, 0.2) is 0 Å². The van der Waals surface area contributed by atoms with Gasteiger partial charge in [0.1, 0.15) is 5.69 Å². The average Bonchev–Trinajstić information content (AvgIpc) is 2.80. The highest BCUT2D eigenvalue weighted by molar-refractivity contribution is 6.02. The van der Waals surface area contributed by atoms with Gasteiger partial charge >= 0.3 is 0 Å². The Kier molecular flexibility index (Phi) is 5.30. The number of ketones is 1. The molecule has 2 N–H and O–H groups in total. The van der Waals surface area contributed by atoms with Gasteiger partial charge in [0, 0.05) is 23.3 Å². The number of aryl methyl sites for hydroxylation is 1. The number of hydrogen-bond donors (Lipinski definition) is 2. The number of hydrogen-bond acceptors (Lipinski definition) is 3. The zero-order valence-corrected chi connectivity index (χ0v) is 15.0. The van der Waals surface area contributed by atoms with Crippen molar-refractivity contribution in [1.82, 2.24) is 15.2 Å². The number of amides is 1. The summed E-state index contributed by atoms with van der Waals surface area (Å²) in [5, 5.41) is 3.09. The summed E-state index contributed by atoms with van der Waals surface area (Å²) in [7, 11) is 4.19. The van der Waals surface area contributed by atoms with Crippen LogP contribution in [-0.4, -0.2) is 47.8 Å². The van der Waals surface area contributed by atoms with Crippen molar-refractivity contribution >= 4 is 11.7 Å². The van der Waals surface area contributed by atoms with E-state index in [9.17, 15) is 9.59 Å². The zero-order valence-electron chi connectivity index (χ0n) is 15.0. The van der Waals surface area contributed by atoms with Crippen molar-refractivity contribution in [3.05, 3.63) is 22.5 Å². The summed E-state index contributed by atoms with van der Waals surface area (Å²) in [6.45, 7) is 5.85. The number of carbonyl (C=O) groups is 2. The van der Waals surface area contributed by atoms with Gasteiger partial charge in [-0.2, -0.15) is 0 Å². The molecule has 5 nitrogen and oxygen atoms in total. The Morgan fingerprint density at radius 1 is 1.17 bits per heavy atom. The molecule has 1 aliphatic carbocycles. The number of aromatic nitrogens is 1. The molecule has 0 unspecified atom stereocenters. The van der Waals surface area contributed by atoms with Gasteiger partial charge in [0.15, 0.2) is 5.78 Å². The standard InChI is InChI=1S/C18H29N3O2/c1-12-15(14(3)22)13(2)20-16(12)17(23)19-11-18(21(4)5)9-7-6-8-10-18/h20H,6-11H2,1-5H3,(H,19,23). The maximum Gasteiger partial charge on any atom is 0.268 e. The predicted octanol–water partition coefficient (Wildman–Crippen LogP) is 2.83. The number of nitrogens with zero attached hydrogens (tertiary/aromatic N) is 1. The van der Waals surface area contributed by atoms with E-state index in [1.807, 2.05) is 13.8 Å². The summed E-state index contributed by atoms with van der Waals surface area (Å²) in [5.41, 5.74) is 2.70. The molecule has 23 heavy (non-hydrogen) atoms. The third kappa shape index (κ3) is 3.50. The molecule has 0 aromatic carbocycles. The molecule has 1 aliphatic rings. The fourth-order valence-electron chi connectivity index (χ4n) is 3.83. The van der Waals surface area contributed by atoms with Gasteiger partial charge in [-0.05, 0) is 53.3 Å². The van der Waals surface area contributed by atoms with Crippen molar-refractivity contribution < 1.29 is 9.59 Å². The highest BCUT2D eigenvalue weighted by Crippen LogP contribution is 2.31. The molecule has 0 bridgehead atoms. The first-order valence-electron chi connectivity index (χ1n) is 8.44. The van der Waals surface area contributed by atoms with Gasteiger partial charge in [-0.25, -0.2) is 0 Å². The Bertz CT molecular complexity index is 596. The highest BCUT2D eigenvalue weighted by Gasteiger charge is 2.34. The molecule has 0 spiro atoms. The van der Waals surface area contributed by atoms with Crippen molar-refractivity contribution in [2.75, 3.05) is 20.6 Å². The Morgan fingerprint density at radius 2 is 1.78 bits per heavy atom. The van der Waals surface area contributed by atoms with E-state index in [1.165, 1.54) is 26.2 Å². The van der Waals surface area contributed by atoms with Gasteiger partial charge in [0.25, 0.3) is 5.91 Å². The van der Waals surface area contributed by atoms with E-state index in [4.69, 9.17) is 0 Å². The van der Waals surface area contributed by atoms with Gasteiger partial charge in [0.2, 0.25) is 0 Å². The topological polar surface area (TPSA) is 65.2 Å². The minimum absolute atomic E-state index is 0.00709. The molecule has 1 heterocycles. The van der Waals surface area contributed by atoms with E-state index in [0.717, 1.165) is 24.1 Å². The smallest absolute Gasteiger partial charge is 0.268 e. The molecule has 0 atom stereocenters. The molecule has 1 aromatic rings. The van der Waals surface area contributed by atoms with Crippen molar-refractivity contribution in [2.45, 2.75) is 58.4 Å². The van der Waals surface area contributed by atoms with Crippen LogP contribution in [0.25, 0.3) is 0 Å². The molecule has 0 aliphatic heterocycles. The first-order valence-corrected chi connectivity index (χ1v) is 8.44. The van der Waals surface area contributed by atoms with E-state index in [1.54, 1.807) is 0 Å². The van der Waals surface area contributed by atoms with Crippen molar-refractivity contribution in [3.8, 4) is 0 Å². The van der Waals surface area contributed by atoms with E-state index in [2.05, 4.69) is 29.3 Å². The maximum atomic E-state index is 12.6. The van der Waals surface area contributed by atoms with Crippen LogP contribution >= 0.6 is 0 Å². The second kappa shape index (κ2) is 6.87. The monoisotopic (exact) mass is 319 g/mol. The summed E-state index contributed by atoms with van der Waals surface area (Å²) in [6.07, 6.45) is 5.93. The molecule has 0 saturated heterocycles. The van der Waals surface area contributed by atoms with Gasteiger partial charge in [0.05, 0.1) is 0 Å². The molecule has 0 radical (unpaired) electrons. The average molecular weight is 319 g/mol. The second-order valence-electron chi connectivity index (χ2n) is 7.04. The lowest BCUT2D eigenvalue weighted by Crippen LogP contribution is -2.53. The Morgan fingerprint density at radius 3 is 2.26 bits per heavy atom. The van der Waals surface area contributed by atoms with Crippen molar-refractivity contribution in [3.63, 3.8) is 0 Å². The van der Waals surface area contributed by atoms with Crippen LogP contribution in [0.2, 0.25) is 0 Å². The third-order valence-corrected chi connectivity index (χ3v) is 5.33. The fraction of sp³-hybridized carbons (Fsp3) is 0.667.